The third kappa shape index (κ3) is 4.48. The smallest absolute Gasteiger partial charge is 0.250 e. The molecule has 138 valence electrons. The molecule has 3 rings (SSSR count). The maximum atomic E-state index is 12.4. The van der Waals surface area contributed by atoms with Crippen LogP contribution in [0.4, 0.5) is 0 Å². The van der Waals surface area contributed by atoms with Crippen LogP contribution in [-0.4, -0.2) is 57.9 Å². The Morgan fingerprint density at radius 1 is 1.32 bits per heavy atom. The topological polar surface area (TPSA) is 84.7 Å². The summed E-state index contributed by atoms with van der Waals surface area (Å²) in [5, 5.41) is 5.71. The summed E-state index contributed by atoms with van der Waals surface area (Å²) < 4.78 is 38.4. The average Bonchev–Trinajstić information content (AvgIpc) is 3.21. The minimum Gasteiger partial charge on any atom is -0.379 e. The number of rotatable bonds is 7. The van der Waals surface area contributed by atoms with Gasteiger partial charge in [0.25, 0.3) is 0 Å². The van der Waals surface area contributed by atoms with E-state index in [1.165, 1.54) is 11.3 Å². The SMILES string of the molecule is Cc1noc(-c2csc(S(=O)(=O)NCCCN3CCOCC3)c2)c1C. The van der Waals surface area contributed by atoms with Crippen LogP contribution in [0, 0.1) is 13.8 Å². The predicted molar refractivity (Wildman–Crippen MR) is 96.4 cm³/mol. The van der Waals surface area contributed by atoms with Crippen molar-refractivity contribution >= 4 is 21.4 Å². The molecule has 0 aliphatic carbocycles. The first-order valence-electron chi connectivity index (χ1n) is 8.29. The maximum Gasteiger partial charge on any atom is 0.250 e. The van der Waals surface area contributed by atoms with Crippen molar-refractivity contribution in [3.8, 4) is 11.3 Å². The van der Waals surface area contributed by atoms with Gasteiger partial charge >= 0.3 is 0 Å². The number of thiophene rings is 1. The lowest BCUT2D eigenvalue weighted by atomic mass is 10.1. The molecule has 0 unspecified atom stereocenters. The van der Waals surface area contributed by atoms with Crippen molar-refractivity contribution in [2.24, 2.45) is 0 Å². The fourth-order valence-corrected chi connectivity index (χ4v) is 4.94. The van der Waals surface area contributed by atoms with Gasteiger partial charge in [0, 0.05) is 36.1 Å². The number of ether oxygens (including phenoxy) is 1. The summed E-state index contributed by atoms with van der Waals surface area (Å²) in [6.07, 6.45) is 0.776. The van der Waals surface area contributed by atoms with Crippen molar-refractivity contribution in [3.63, 3.8) is 0 Å². The van der Waals surface area contributed by atoms with Gasteiger partial charge in [-0.25, -0.2) is 13.1 Å². The fourth-order valence-electron chi connectivity index (χ4n) is 2.67. The first-order chi connectivity index (χ1) is 12.0. The second-order valence-corrected chi connectivity index (χ2v) is 8.99. The molecule has 1 fully saturated rings. The Morgan fingerprint density at radius 3 is 2.76 bits per heavy atom. The summed E-state index contributed by atoms with van der Waals surface area (Å²) in [7, 11) is -3.49. The second-order valence-electron chi connectivity index (χ2n) is 6.08. The molecule has 1 aliphatic heterocycles. The van der Waals surface area contributed by atoms with Crippen LogP contribution in [0.15, 0.2) is 20.2 Å². The number of nitrogens with one attached hydrogen (secondary N) is 1. The van der Waals surface area contributed by atoms with Crippen LogP contribution in [0.5, 0.6) is 0 Å². The van der Waals surface area contributed by atoms with Crippen LogP contribution in [0.1, 0.15) is 17.7 Å². The number of hydrogen-bond donors (Lipinski definition) is 1. The molecule has 1 saturated heterocycles. The van der Waals surface area contributed by atoms with E-state index in [0.717, 1.165) is 56.1 Å². The summed E-state index contributed by atoms with van der Waals surface area (Å²) in [6, 6.07) is 1.64. The number of aryl methyl sites for hydroxylation is 1. The normalized spacial score (nSPS) is 16.4. The van der Waals surface area contributed by atoms with E-state index in [9.17, 15) is 8.42 Å². The van der Waals surface area contributed by atoms with Crippen LogP contribution in [0.3, 0.4) is 0 Å². The lowest BCUT2D eigenvalue weighted by Crippen LogP contribution is -2.38. The van der Waals surface area contributed by atoms with E-state index in [0.29, 0.717) is 16.5 Å². The highest BCUT2D eigenvalue weighted by atomic mass is 32.2. The molecule has 1 N–H and O–H groups in total. The molecular weight excluding hydrogens is 362 g/mol. The van der Waals surface area contributed by atoms with E-state index < -0.39 is 10.0 Å². The van der Waals surface area contributed by atoms with Gasteiger partial charge in [-0.05, 0) is 32.9 Å². The zero-order valence-corrected chi connectivity index (χ0v) is 16.1. The van der Waals surface area contributed by atoms with Crippen molar-refractivity contribution in [2.75, 3.05) is 39.4 Å². The number of sulfonamides is 1. The monoisotopic (exact) mass is 385 g/mol. The summed E-state index contributed by atoms with van der Waals surface area (Å²) in [4.78, 5) is 2.29. The molecule has 7 nitrogen and oxygen atoms in total. The molecule has 0 bridgehead atoms. The van der Waals surface area contributed by atoms with Crippen LogP contribution in [0.2, 0.25) is 0 Å². The number of morpholine rings is 1. The standard InChI is InChI=1S/C16H23N3O4S2/c1-12-13(2)18-23-16(12)14-10-15(24-11-14)25(20,21)17-4-3-5-19-6-8-22-9-7-19/h10-11,17H,3-9H2,1-2H3. The van der Waals surface area contributed by atoms with Crippen LogP contribution < -0.4 is 4.72 Å². The molecular formula is C16H23N3O4S2. The molecule has 2 aromatic heterocycles. The van der Waals surface area contributed by atoms with Gasteiger partial charge in [0.05, 0.1) is 18.9 Å². The lowest BCUT2D eigenvalue weighted by molar-refractivity contribution is 0.0376. The minimum atomic E-state index is -3.49. The first-order valence-corrected chi connectivity index (χ1v) is 10.7. The van der Waals surface area contributed by atoms with Crippen molar-refractivity contribution in [1.82, 2.24) is 14.8 Å². The second kappa shape index (κ2) is 7.96. The van der Waals surface area contributed by atoms with E-state index in [-0.39, 0.29) is 0 Å². The Bertz CT molecular complexity index is 807. The molecule has 2 aromatic rings. The molecule has 0 amide bonds. The van der Waals surface area contributed by atoms with Gasteiger partial charge in [-0.3, -0.25) is 4.90 Å². The Labute approximate surface area is 152 Å². The maximum absolute atomic E-state index is 12.4. The highest BCUT2D eigenvalue weighted by molar-refractivity contribution is 7.91. The third-order valence-electron chi connectivity index (χ3n) is 4.31. The highest BCUT2D eigenvalue weighted by Crippen LogP contribution is 2.31. The van der Waals surface area contributed by atoms with Crippen LogP contribution in [-0.2, 0) is 14.8 Å². The van der Waals surface area contributed by atoms with Crippen molar-refractivity contribution in [1.29, 1.82) is 0 Å². The van der Waals surface area contributed by atoms with Gasteiger partial charge in [0.1, 0.15) is 4.21 Å². The van der Waals surface area contributed by atoms with E-state index in [1.807, 2.05) is 13.8 Å². The van der Waals surface area contributed by atoms with Gasteiger partial charge < -0.3 is 9.26 Å². The third-order valence-corrected chi connectivity index (χ3v) is 7.21. The van der Waals surface area contributed by atoms with Gasteiger partial charge in [-0.15, -0.1) is 11.3 Å². The van der Waals surface area contributed by atoms with Gasteiger partial charge in [-0.2, -0.15) is 0 Å². The molecule has 1 aliphatic rings. The van der Waals surface area contributed by atoms with Crippen LogP contribution >= 0.6 is 11.3 Å². The summed E-state index contributed by atoms with van der Waals surface area (Å²) in [6.45, 7) is 8.41. The summed E-state index contributed by atoms with van der Waals surface area (Å²) in [5.74, 6) is 0.627. The largest absolute Gasteiger partial charge is 0.379 e. The zero-order valence-electron chi connectivity index (χ0n) is 14.4. The number of aromatic nitrogens is 1. The Morgan fingerprint density at radius 2 is 2.08 bits per heavy atom. The van der Waals surface area contributed by atoms with Gasteiger partial charge in [0.2, 0.25) is 10.0 Å². The molecule has 9 heteroatoms. The number of nitrogens with zero attached hydrogens (tertiary/aromatic N) is 2. The summed E-state index contributed by atoms with van der Waals surface area (Å²) >= 11 is 1.19. The van der Waals surface area contributed by atoms with Gasteiger partial charge in [-0.1, -0.05) is 5.16 Å². The molecule has 0 saturated carbocycles. The Balaban J connectivity index is 1.56. The van der Waals surface area contributed by atoms with Crippen LogP contribution in [0.25, 0.3) is 11.3 Å². The van der Waals surface area contributed by atoms with Gasteiger partial charge in [0.15, 0.2) is 5.76 Å². The molecule has 25 heavy (non-hydrogen) atoms. The first kappa shape index (κ1) is 18.5. The van der Waals surface area contributed by atoms with Crippen molar-refractivity contribution in [3.05, 3.63) is 22.7 Å². The molecule has 0 atom stereocenters. The van der Waals surface area contributed by atoms with E-state index in [4.69, 9.17) is 9.26 Å². The van der Waals surface area contributed by atoms with E-state index >= 15 is 0 Å². The average molecular weight is 386 g/mol. The predicted octanol–water partition coefficient (Wildman–Crippen LogP) is 2.02. The minimum absolute atomic E-state index is 0.294. The van der Waals surface area contributed by atoms with E-state index in [2.05, 4.69) is 14.8 Å². The highest BCUT2D eigenvalue weighted by Gasteiger charge is 2.20. The zero-order chi connectivity index (χ0) is 17.9. The molecule has 0 radical (unpaired) electrons. The summed E-state index contributed by atoms with van der Waals surface area (Å²) in [5.41, 5.74) is 2.49. The Kier molecular flexibility index (Phi) is 5.90. The Hall–Kier alpha value is -1.26. The van der Waals surface area contributed by atoms with Crippen molar-refractivity contribution < 1.29 is 17.7 Å². The molecule has 0 aromatic carbocycles. The van der Waals surface area contributed by atoms with Crippen molar-refractivity contribution in [2.45, 2.75) is 24.5 Å². The molecule has 0 spiro atoms. The lowest BCUT2D eigenvalue weighted by Gasteiger charge is -2.26. The molecule has 3 heterocycles. The van der Waals surface area contributed by atoms with E-state index in [1.54, 1.807) is 11.4 Å². The quantitative estimate of drug-likeness (QED) is 0.734. The number of hydrogen-bond acceptors (Lipinski definition) is 7. The fraction of sp³-hybridized carbons (Fsp3) is 0.562.